The van der Waals surface area contributed by atoms with Crippen LogP contribution in [0.5, 0.6) is 0 Å². The molecule has 1 amide bonds. The minimum absolute atomic E-state index is 0.0628. The number of amides is 1. The molecule has 0 fully saturated rings. The highest BCUT2D eigenvalue weighted by atomic mass is 19.1. The molecule has 3 N–H and O–H groups in total. The van der Waals surface area contributed by atoms with Gasteiger partial charge >= 0.3 is 0 Å². The minimum atomic E-state index is -0.347. The lowest BCUT2D eigenvalue weighted by Crippen LogP contribution is -2.39. The molecule has 0 saturated carbocycles. The van der Waals surface area contributed by atoms with Gasteiger partial charge in [0, 0.05) is 6.54 Å². The third kappa shape index (κ3) is 4.53. The SMILES string of the molecule is CC(C)(CN)CNC(=O)Cc1ccccc1F. The molecule has 0 unspecified atom stereocenters. The van der Waals surface area contributed by atoms with Gasteiger partial charge in [-0.3, -0.25) is 4.79 Å². The first-order valence-electron chi connectivity index (χ1n) is 5.65. The molecule has 0 aliphatic rings. The van der Waals surface area contributed by atoms with Gasteiger partial charge in [-0.1, -0.05) is 32.0 Å². The van der Waals surface area contributed by atoms with Crippen molar-refractivity contribution < 1.29 is 9.18 Å². The molecular formula is C13H19FN2O. The molecule has 1 rings (SSSR count). The van der Waals surface area contributed by atoms with Gasteiger partial charge in [-0.2, -0.15) is 0 Å². The van der Waals surface area contributed by atoms with Crippen LogP contribution >= 0.6 is 0 Å². The van der Waals surface area contributed by atoms with E-state index < -0.39 is 0 Å². The van der Waals surface area contributed by atoms with Crippen molar-refractivity contribution in [2.45, 2.75) is 20.3 Å². The van der Waals surface area contributed by atoms with Crippen molar-refractivity contribution in [3.63, 3.8) is 0 Å². The molecule has 4 heteroatoms. The quantitative estimate of drug-likeness (QED) is 0.816. The standard InChI is InChI=1S/C13H19FN2O/c1-13(2,8-15)9-16-12(17)7-10-5-3-4-6-11(10)14/h3-6H,7-9,15H2,1-2H3,(H,16,17). The maximum Gasteiger partial charge on any atom is 0.224 e. The molecule has 17 heavy (non-hydrogen) atoms. The summed E-state index contributed by atoms with van der Waals surface area (Å²) in [7, 11) is 0. The smallest absolute Gasteiger partial charge is 0.224 e. The van der Waals surface area contributed by atoms with Gasteiger partial charge in [0.2, 0.25) is 5.91 Å². The molecule has 0 bridgehead atoms. The summed E-state index contributed by atoms with van der Waals surface area (Å²) >= 11 is 0. The normalized spacial score (nSPS) is 11.3. The van der Waals surface area contributed by atoms with Gasteiger partial charge in [-0.25, -0.2) is 4.39 Å². The van der Waals surface area contributed by atoms with Crippen LogP contribution in [0.3, 0.4) is 0 Å². The Morgan fingerprint density at radius 2 is 2.06 bits per heavy atom. The average Bonchev–Trinajstić information content (AvgIpc) is 2.30. The molecule has 0 saturated heterocycles. The fourth-order valence-electron chi connectivity index (χ4n) is 1.29. The Bertz CT molecular complexity index is 391. The van der Waals surface area contributed by atoms with Crippen LogP contribution in [0.15, 0.2) is 24.3 Å². The number of nitrogens with one attached hydrogen (secondary N) is 1. The Morgan fingerprint density at radius 1 is 1.41 bits per heavy atom. The van der Waals surface area contributed by atoms with Crippen molar-refractivity contribution in [2.75, 3.05) is 13.1 Å². The van der Waals surface area contributed by atoms with E-state index in [-0.39, 0.29) is 23.6 Å². The Labute approximate surface area is 101 Å². The van der Waals surface area contributed by atoms with E-state index in [0.29, 0.717) is 18.7 Å². The van der Waals surface area contributed by atoms with E-state index >= 15 is 0 Å². The Kier molecular flexibility index (Phi) is 4.63. The zero-order valence-electron chi connectivity index (χ0n) is 10.3. The summed E-state index contributed by atoms with van der Waals surface area (Å²) in [6.07, 6.45) is 0.0628. The number of carbonyl (C=O) groups is 1. The number of hydrogen-bond donors (Lipinski definition) is 2. The molecule has 0 heterocycles. The van der Waals surface area contributed by atoms with E-state index in [4.69, 9.17) is 5.73 Å². The largest absolute Gasteiger partial charge is 0.355 e. The zero-order valence-corrected chi connectivity index (χ0v) is 10.3. The summed E-state index contributed by atoms with van der Waals surface area (Å²) < 4.78 is 13.3. The lowest BCUT2D eigenvalue weighted by Gasteiger charge is -2.22. The van der Waals surface area contributed by atoms with Gasteiger partial charge in [0.05, 0.1) is 6.42 Å². The van der Waals surface area contributed by atoms with Crippen LogP contribution in [0.4, 0.5) is 4.39 Å². The van der Waals surface area contributed by atoms with Crippen LogP contribution in [0, 0.1) is 11.2 Å². The number of carbonyl (C=O) groups excluding carboxylic acids is 1. The second kappa shape index (κ2) is 5.77. The van der Waals surface area contributed by atoms with E-state index in [1.807, 2.05) is 13.8 Å². The highest BCUT2D eigenvalue weighted by molar-refractivity contribution is 5.78. The van der Waals surface area contributed by atoms with E-state index in [1.165, 1.54) is 6.07 Å². The first-order valence-corrected chi connectivity index (χ1v) is 5.65. The number of rotatable bonds is 5. The molecular weight excluding hydrogens is 219 g/mol. The molecule has 0 aliphatic heterocycles. The van der Waals surface area contributed by atoms with E-state index in [1.54, 1.807) is 18.2 Å². The third-order valence-corrected chi connectivity index (χ3v) is 2.63. The van der Waals surface area contributed by atoms with Gasteiger partial charge in [0.25, 0.3) is 0 Å². The van der Waals surface area contributed by atoms with Gasteiger partial charge in [-0.05, 0) is 23.6 Å². The summed E-state index contributed by atoms with van der Waals surface area (Å²) in [5, 5.41) is 2.76. The van der Waals surface area contributed by atoms with Crippen molar-refractivity contribution in [1.29, 1.82) is 0 Å². The van der Waals surface area contributed by atoms with E-state index in [2.05, 4.69) is 5.32 Å². The maximum absolute atomic E-state index is 13.3. The maximum atomic E-state index is 13.3. The first kappa shape index (κ1) is 13.6. The molecule has 94 valence electrons. The molecule has 3 nitrogen and oxygen atoms in total. The van der Waals surface area contributed by atoms with Crippen molar-refractivity contribution in [3.05, 3.63) is 35.6 Å². The molecule has 0 radical (unpaired) electrons. The molecule has 0 spiro atoms. The lowest BCUT2D eigenvalue weighted by molar-refractivity contribution is -0.120. The second-order valence-corrected chi connectivity index (χ2v) is 4.91. The molecule has 1 aromatic carbocycles. The predicted octanol–water partition coefficient (Wildman–Crippen LogP) is 1.47. The zero-order chi connectivity index (χ0) is 12.9. The molecule has 0 atom stereocenters. The summed E-state index contributed by atoms with van der Waals surface area (Å²) in [5.41, 5.74) is 5.84. The number of halogens is 1. The van der Waals surface area contributed by atoms with Crippen molar-refractivity contribution in [3.8, 4) is 0 Å². The fraction of sp³-hybridized carbons (Fsp3) is 0.462. The summed E-state index contributed by atoms with van der Waals surface area (Å²) in [6.45, 7) is 4.93. The Balaban J connectivity index is 2.48. The van der Waals surface area contributed by atoms with Gasteiger partial charge in [0.1, 0.15) is 5.82 Å². The molecule has 0 aliphatic carbocycles. The topological polar surface area (TPSA) is 55.1 Å². The van der Waals surface area contributed by atoms with Crippen molar-refractivity contribution in [2.24, 2.45) is 11.1 Å². The highest BCUT2D eigenvalue weighted by Crippen LogP contribution is 2.11. The Hall–Kier alpha value is -1.42. The summed E-state index contributed by atoms with van der Waals surface area (Å²) in [4.78, 5) is 11.6. The Morgan fingerprint density at radius 3 is 2.65 bits per heavy atom. The third-order valence-electron chi connectivity index (χ3n) is 2.63. The van der Waals surface area contributed by atoms with Gasteiger partial charge in [0.15, 0.2) is 0 Å². The van der Waals surface area contributed by atoms with Crippen molar-refractivity contribution in [1.82, 2.24) is 5.32 Å². The van der Waals surface area contributed by atoms with E-state index in [0.717, 1.165) is 0 Å². The monoisotopic (exact) mass is 238 g/mol. The first-order chi connectivity index (χ1) is 7.94. The van der Waals surface area contributed by atoms with Gasteiger partial charge in [-0.15, -0.1) is 0 Å². The van der Waals surface area contributed by atoms with E-state index in [9.17, 15) is 9.18 Å². The van der Waals surface area contributed by atoms with Crippen LogP contribution < -0.4 is 11.1 Å². The number of nitrogens with two attached hydrogens (primary N) is 1. The molecule has 1 aromatic rings. The van der Waals surface area contributed by atoms with Crippen LogP contribution in [-0.2, 0) is 11.2 Å². The highest BCUT2D eigenvalue weighted by Gasteiger charge is 2.17. The van der Waals surface area contributed by atoms with Crippen LogP contribution in [0.25, 0.3) is 0 Å². The summed E-state index contributed by atoms with van der Waals surface area (Å²) in [6, 6.07) is 6.29. The number of hydrogen-bond acceptors (Lipinski definition) is 2. The number of benzene rings is 1. The second-order valence-electron chi connectivity index (χ2n) is 4.91. The van der Waals surface area contributed by atoms with Crippen LogP contribution in [-0.4, -0.2) is 19.0 Å². The minimum Gasteiger partial charge on any atom is -0.355 e. The molecule has 0 aromatic heterocycles. The van der Waals surface area contributed by atoms with Crippen LogP contribution in [0.2, 0.25) is 0 Å². The predicted molar refractivity (Wildman–Crippen MR) is 65.9 cm³/mol. The lowest BCUT2D eigenvalue weighted by atomic mass is 9.94. The summed E-state index contributed by atoms with van der Waals surface area (Å²) in [5.74, 6) is -0.530. The van der Waals surface area contributed by atoms with Crippen molar-refractivity contribution >= 4 is 5.91 Å². The van der Waals surface area contributed by atoms with Gasteiger partial charge < -0.3 is 11.1 Å². The van der Waals surface area contributed by atoms with Crippen LogP contribution in [0.1, 0.15) is 19.4 Å². The fourth-order valence-corrected chi connectivity index (χ4v) is 1.29. The average molecular weight is 238 g/mol.